The molecule has 34 heavy (non-hydrogen) atoms. The van der Waals surface area contributed by atoms with Crippen LogP contribution in [0, 0.1) is 6.92 Å². The number of amides is 1. The predicted octanol–water partition coefficient (Wildman–Crippen LogP) is 5.00. The smallest absolute Gasteiger partial charge is 0.254 e. The summed E-state index contributed by atoms with van der Waals surface area (Å²) in [5, 5.41) is 4.20. The molecule has 4 aromatic rings. The van der Waals surface area contributed by atoms with Crippen molar-refractivity contribution in [3.05, 3.63) is 90.0 Å². The average Bonchev–Trinajstić information content (AvgIpc) is 3.32. The number of nitrogens with zero attached hydrogens (tertiary/aromatic N) is 5. The molecule has 1 amide bonds. The van der Waals surface area contributed by atoms with Gasteiger partial charge in [0.2, 0.25) is 5.88 Å². The summed E-state index contributed by atoms with van der Waals surface area (Å²) in [7, 11) is 1.86. The molecule has 1 aromatic carbocycles. The van der Waals surface area contributed by atoms with E-state index in [1.165, 1.54) is 5.56 Å². The van der Waals surface area contributed by atoms with Gasteiger partial charge in [-0.05, 0) is 50.1 Å². The summed E-state index contributed by atoms with van der Waals surface area (Å²) >= 11 is 0. The molecule has 1 fully saturated rings. The van der Waals surface area contributed by atoms with Crippen molar-refractivity contribution < 1.29 is 9.53 Å². The molecule has 7 heteroatoms. The largest absolute Gasteiger partial charge is 0.439 e. The van der Waals surface area contributed by atoms with E-state index in [1.54, 1.807) is 23.1 Å². The molecule has 0 unspecified atom stereocenters. The van der Waals surface area contributed by atoms with Crippen molar-refractivity contribution in [2.24, 2.45) is 7.05 Å². The third kappa shape index (κ3) is 4.83. The molecule has 1 atom stereocenters. The SMILES string of the molecule is Cc1ccc(Oc2cccc([C@H]3CCCN(C(=O)c4ccnc(-c5cnn(C)c5)c4)C3)n2)cc1. The second kappa shape index (κ2) is 9.47. The second-order valence-electron chi connectivity index (χ2n) is 8.74. The first-order valence-corrected chi connectivity index (χ1v) is 11.5. The first-order chi connectivity index (χ1) is 16.5. The number of benzene rings is 1. The van der Waals surface area contributed by atoms with Crippen LogP contribution in [0.1, 0.15) is 40.4 Å². The van der Waals surface area contributed by atoms with Gasteiger partial charge in [-0.1, -0.05) is 23.8 Å². The maximum Gasteiger partial charge on any atom is 0.254 e. The van der Waals surface area contributed by atoms with Gasteiger partial charge < -0.3 is 9.64 Å². The van der Waals surface area contributed by atoms with Crippen molar-refractivity contribution in [3.8, 4) is 22.9 Å². The summed E-state index contributed by atoms with van der Waals surface area (Å²) in [6.07, 6.45) is 7.25. The molecule has 1 aliphatic heterocycles. The zero-order valence-electron chi connectivity index (χ0n) is 19.4. The molecule has 7 nitrogen and oxygen atoms in total. The number of aryl methyl sites for hydroxylation is 2. The highest BCUT2D eigenvalue weighted by Gasteiger charge is 2.27. The third-order valence-electron chi connectivity index (χ3n) is 6.12. The number of pyridine rings is 2. The van der Waals surface area contributed by atoms with E-state index >= 15 is 0 Å². The van der Waals surface area contributed by atoms with Gasteiger partial charge in [0, 0.05) is 61.3 Å². The number of carbonyl (C=O) groups is 1. The Labute approximate surface area is 199 Å². The monoisotopic (exact) mass is 453 g/mol. The van der Waals surface area contributed by atoms with Crippen LogP contribution in [-0.2, 0) is 7.05 Å². The number of likely N-dealkylation sites (tertiary alicyclic amines) is 1. The zero-order chi connectivity index (χ0) is 23.5. The molecule has 4 heterocycles. The van der Waals surface area contributed by atoms with Crippen molar-refractivity contribution in [1.82, 2.24) is 24.6 Å². The van der Waals surface area contributed by atoms with E-state index in [4.69, 9.17) is 9.72 Å². The van der Waals surface area contributed by atoms with Crippen molar-refractivity contribution in [3.63, 3.8) is 0 Å². The number of carbonyl (C=O) groups excluding carboxylic acids is 1. The van der Waals surface area contributed by atoms with Crippen LogP contribution in [0.25, 0.3) is 11.3 Å². The average molecular weight is 454 g/mol. The van der Waals surface area contributed by atoms with Crippen LogP contribution in [0.5, 0.6) is 11.6 Å². The number of piperidine rings is 1. The van der Waals surface area contributed by atoms with Gasteiger partial charge in [0.15, 0.2) is 0 Å². The lowest BCUT2D eigenvalue weighted by Gasteiger charge is -2.32. The van der Waals surface area contributed by atoms with Gasteiger partial charge in [-0.15, -0.1) is 0 Å². The standard InChI is InChI=1S/C27H27N5O2/c1-19-8-10-23(11-9-19)34-26-7-3-6-24(30-26)21-5-4-14-32(18-21)27(33)20-12-13-28-25(15-20)22-16-29-31(2)17-22/h3,6-13,15-17,21H,4-5,14,18H2,1-2H3/t21-/m0/s1. The minimum Gasteiger partial charge on any atom is -0.439 e. The molecule has 0 saturated carbocycles. The van der Waals surface area contributed by atoms with E-state index in [-0.39, 0.29) is 11.8 Å². The molecular formula is C27H27N5O2. The fourth-order valence-corrected chi connectivity index (χ4v) is 4.30. The lowest BCUT2D eigenvalue weighted by atomic mass is 9.93. The lowest BCUT2D eigenvalue weighted by Crippen LogP contribution is -2.39. The number of hydrogen-bond donors (Lipinski definition) is 0. The molecule has 0 spiro atoms. The molecule has 0 aliphatic carbocycles. The topological polar surface area (TPSA) is 73.1 Å². The molecule has 0 bridgehead atoms. The van der Waals surface area contributed by atoms with Crippen molar-refractivity contribution in [2.75, 3.05) is 13.1 Å². The molecule has 1 aliphatic rings. The molecule has 3 aromatic heterocycles. The van der Waals surface area contributed by atoms with Crippen LogP contribution in [0.15, 0.2) is 73.2 Å². The number of ether oxygens (including phenoxy) is 1. The summed E-state index contributed by atoms with van der Waals surface area (Å²) in [5.74, 6) is 1.51. The minimum atomic E-state index is 0.0179. The number of hydrogen-bond acceptors (Lipinski definition) is 5. The summed E-state index contributed by atoms with van der Waals surface area (Å²) in [6, 6.07) is 17.4. The van der Waals surface area contributed by atoms with Gasteiger partial charge in [-0.2, -0.15) is 5.10 Å². The van der Waals surface area contributed by atoms with Gasteiger partial charge in [-0.3, -0.25) is 14.5 Å². The van der Waals surface area contributed by atoms with Crippen LogP contribution >= 0.6 is 0 Å². The van der Waals surface area contributed by atoms with Gasteiger partial charge >= 0.3 is 0 Å². The fourth-order valence-electron chi connectivity index (χ4n) is 4.30. The van der Waals surface area contributed by atoms with Crippen molar-refractivity contribution >= 4 is 5.91 Å². The Hall–Kier alpha value is -4.00. The first-order valence-electron chi connectivity index (χ1n) is 11.5. The van der Waals surface area contributed by atoms with E-state index in [1.807, 2.05) is 73.6 Å². The van der Waals surface area contributed by atoms with E-state index < -0.39 is 0 Å². The normalized spacial score (nSPS) is 15.8. The van der Waals surface area contributed by atoms with Gasteiger partial charge in [-0.25, -0.2) is 4.98 Å². The maximum atomic E-state index is 13.3. The Morgan fingerprint density at radius 1 is 1.12 bits per heavy atom. The van der Waals surface area contributed by atoms with E-state index in [0.717, 1.165) is 42.1 Å². The molecular weight excluding hydrogens is 426 g/mol. The summed E-state index contributed by atoms with van der Waals surface area (Å²) in [6.45, 7) is 3.41. The second-order valence-corrected chi connectivity index (χ2v) is 8.74. The van der Waals surface area contributed by atoms with Crippen molar-refractivity contribution in [2.45, 2.75) is 25.7 Å². The molecule has 0 N–H and O–H groups in total. The fraction of sp³-hybridized carbons (Fsp3) is 0.259. The summed E-state index contributed by atoms with van der Waals surface area (Å²) in [5.41, 5.74) is 4.41. The highest BCUT2D eigenvalue weighted by molar-refractivity contribution is 5.95. The zero-order valence-corrected chi connectivity index (χ0v) is 19.4. The lowest BCUT2D eigenvalue weighted by molar-refractivity contribution is 0.0705. The minimum absolute atomic E-state index is 0.0179. The Kier molecular flexibility index (Phi) is 6.08. The quantitative estimate of drug-likeness (QED) is 0.425. The Bertz CT molecular complexity index is 1300. The van der Waals surface area contributed by atoms with Crippen LogP contribution in [-0.4, -0.2) is 43.6 Å². The van der Waals surface area contributed by atoms with E-state index in [0.29, 0.717) is 18.0 Å². The van der Waals surface area contributed by atoms with Crippen LogP contribution in [0.4, 0.5) is 0 Å². The Morgan fingerprint density at radius 2 is 1.97 bits per heavy atom. The molecule has 5 rings (SSSR count). The van der Waals surface area contributed by atoms with Gasteiger partial charge in [0.1, 0.15) is 5.75 Å². The van der Waals surface area contributed by atoms with Gasteiger partial charge in [0.25, 0.3) is 5.91 Å². The molecule has 172 valence electrons. The van der Waals surface area contributed by atoms with E-state index in [9.17, 15) is 4.79 Å². The third-order valence-corrected chi connectivity index (χ3v) is 6.12. The van der Waals surface area contributed by atoms with Gasteiger partial charge in [0.05, 0.1) is 11.9 Å². The van der Waals surface area contributed by atoms with Crippen molar-refractivity contribution in [1.29, 1.82) is 0 Å². The molecule has 0 radical (unpaired) electrons. The summed E-state index contributed by atoms with van der Waals surface area (Å²) < 4.78 is 7.69. The highest BCUT2D eigenvalue weighted by atomic mass is 16.5. The summed E-state index contributed by atoms with van der Waals surface area (Å²) in [4.78, 5) is 24.4. The highest BCUT2D eigenvalue weighted by Crippen LogP contribution is 2.29. The van der Waals surface area contributed by atoms with Crippen LogP contribution < -0.4 is 4.74 Å². The predicted molar refractivity (Wildman–Crippen MR) is 130 cm³/mol. The molecule has 1 saturated heterocycles. The Balaban J connectivity index is 1.30. The number of rotatable bonds is 5. The number of aromatic nitrogens is 4. The van der Waals surface area contributed by atoms with E-state index in [2.05, 4.69) is 10.1 Å². The van der Waals surface area contributed by atoms with Crippen LogP contribution in [0.3, 0.4) is 0 Å². The Morgan fingerprint density at radius 3 is 2.76 bits per heavy atom. The maximum absolute atomic E-state index is 13.3. The van der Waals surface area contributed by atoms with Crippen LogP contribution in [0.2, 0.25) is 0 Å². The first kappa shape index (κ1) is 21.8.